The lowest BCUT2D eigenvalue weighted by Gasteiger charge is -2.07. The maximum Gasteiger partial charge on any atom is 0.178 e. The molecule has 8 heteroatoms. The molecule has 4 rings (SSSR count). The summed E-state index contributed by atoms with van der Waals surface area (Å²) in [6.45, 7) is 1.72. The van der Waals surface area contributed by atoms with Crippen molar-refractivity contribution in [2.45, 2.75) is 19.4 Å². The number of hydrogen-bond donors (Lipinski definition) is 2. The van der Waals surface area contributed by atoms with Crippen LogP contribution in [-0.2, 0) is 13.0 Å². The second-order valence-electron chi connectivity index (χ2n) is 6.03. The molecule has 0 aliphatic heterocycles. The molecule has 0 fully saturated rings. The van der Waals surface area contributed by atoms with Gasteiger partial charge in [0.25, 0.3) is 0 Å². The van der Waals surface area contributed by atoms with E-state index in [2.05, 4.69) is 25.6 Å². The molecule has 3 heterocycles. The third kappa shape index (κ3) is 3.64. The zero-order chi connectivity index (χ0) is 17.8. The summed E-state index contributed by atoms with van der Waals surface area (Å²) in [5.41, 5.74) is 1.75. The van der Waals surface area contributed by atoms with E-state index in [1.54, 1.807) is 22.8 Å². The van der Waals surface area contributed by atoms with Crippen LogP contribution < -0.4 is 5.32 Å². The lowest BCUT2D eigenvalue weighted by Crippen LogP contribution is -2.09. The molecule has 0 aliphatic carbocycles. The number of imidazole rings is 1. The standard InChI is InChI=1S/C18H19N7O/c26-15-4-2-14(3-5-15)12-18-22-21-17-7-6-16(23-25(17)18)20-8-1-10-24-11-9-19-13-24/h2-7,9,11,13,26H,1,8,10,12H2,(H,20,23). The Hall–Kier alpha value is -3.42. The van der Waals surface area contributed by atoms with E-state index < -0.39 is 0 Å². The lowest BCUT2D eigenvalue weighted by atomic mass is 10.1. The molecule has 8 nitrogen and oxygen atoms in total. The van der Waals surface area contributed by atoms with Gasteiger partial charge in [-0.05, 0) is 36.2 Å². The number of phenols is 1. The van der Waals surface area contributed by atoms with Gasteiger partial charge in [-0.3, -0.25) is 0 Å². The van der Waals surface area contributed by atoms with Crippen molar-refractivity contribution in [2.24, 2.45) is 0 Å². The molecule has 26 heavy (non-hydrogen) atoms. The molecule has 132 valence electrons. The van der Waals surface area contributed by atoms with E-state index in [1.165, 1.54) is 0 Å². The molecule has 4 aromatic rings. The molecule has 1 aromatic carbocycles. The Kier molecular flexibility index (Phi) is 4.46. The number of phenolic OH excluding ortho intramolecular Hbond substituents is 1. The van der Waals surface area contributed by atoms with Gasteiger partial charge in [0.1, 0.15) is 11.6 Å². The molecule has 0 radical (unpaired) electrons. The first-order chi connectivity index (χ1) is 12.8. The molecule has 0 atom stereocenters. The summed E-state index contributed by atoms with van der Waals surface area (Å²) < 4.78 is 3.80. The van der Waals surface area contributed by atoms with Gasteiger partial charge in [-0.2, -0.15) is 4.52 Å². The number of aryl methyl sites for hydroxylation is 1. The van der Waals surface area contributed by atoms with Crippen LogP contribution in [0.25, 0.3) is 5.65 Å². The number of rotatable bonds is 7. The summed E-state index contributed by atoms with van der Waals surface area (Å²) in [6, 6.07) is 10.9. The number of benzene rings is 1. The predicted molar refractivity (Wildman–Crippen MR) is 97.0 cm³/mol. The zero-order valence-corrected chi connectivity index (χ0v) is 14.2. The summed E-state index contributed by atoms with van der Waals surface area (Å²) in [4.78, 5) is 4.04. The van der Waals surface area contributed by atoms with Crippen LogP contribution in [0.5, 0.6) is 5.75 Å². The quantitative estimate of drug-likeness (QED) is 0.497. The second-order valence-corrected chi connectivity index (χ2v) is 6.03. The highest BCUT2D eigenvalue weighted by Gasteiger charge is 2.08. The topological polar surface area (TPSA) is 93.2 Å². The minimum Gasteiger partial charge on any atom is -0.508 e. The largest absolute Gasteiger partial charge is 0.508 e. The lowest BCUT2D eigenvalue weighted by molar-refractivity contribution is 0.475. The maximum absolute atomic E-state index is 9.40. The van der Waals surface area contributed by atoms with Gasteiger partial charge in [-0.25, -0.2) is 4.98 Å². The van der Waals surface area contributed by atoms with Crippen molar-refractivity contribution >= 4 is 11.5 Å². The van der Waals surface area contributed by atoms with E-state index in [9.17, 15) is 5.11 Å². The van der Waals surface area contributed by atoms with Crippen molar-refractivity contribution in [3.63, 3.8) is 0 Å². The maximum atomic E-state index is 9.40. The number of nitrogens with one attached hydrogen (secondary N) is 1. The van der Waals surface area contributed by atoms with E-state index in [1.807, 2.05) is 41.4 Å². The monoisotopic (exact) mass is 349 g/mol. The van der Waals surface area contributed by atoms with Gasteiger partial charge in [0.2, 0.25) is 0 Å². The highest BCUT2D eigenvalue weighted by molar-refractivity contribution is 5.44. The number of aromatic nitrogens is 6. The molecule has 0 saturated heterocycles. The highest BCUT2D eigenvalue weighted by Crippen LogP contribution is 2.14. The third-order valence-electron chi connectivity index (χ3n) is 4.08. The molecule has 3 aromatic heterocycles. The smallest absolute Gasteiger partial charge is 0.178 e. The van der Waals surface area contributed by atoms with Crippen molar-refractivity contribution in [3.05, 3.63) is 66.5 Å². The van der Waals surface area contributed by atoms with Gasteiger partial charge in [-0.15, -0.1) is 15.3 Å². The van der Waals surface area contributed by atoms with Gasteiger partial charge in [0.05, 0.1) is 6.33 Å². The van der Waals surface area contributed by atoms with Crippen LogP contribution >= 0.6 is 0 Å². The minimum absolute atomic E-state index is 0.250. The Balaban J connectivity index is 1.43. The van der Waals surface area contributed by atoms with Crippen molar-refractivity contribution in [1.82, 2.24) is 29.4 Å². The number of anilines is 1. The first-order valence-corrected chi connectivity index (χ1v) is 8.47. The number of fused-ring (bicyclic) bond motifs is 1. The van der Waals surface area contributed by atoms with Crippen LogP contribution in [0.1, 0.15) is 17.8 Å². The Labute approximate surface area is 150 Å². The Bertz CT molecular complexity index is 977. The van der Waals surface area contributed by atoms with Gasteiger partial charge < -0.3 is 15.0 Å². The molecule has 0 bridgehead atoms. The SMILES string of the molecule is Oc1ccc(Cc2nnc3ccc(NCCCn4ccnc4)nn23)cc1. The van der Waals surface area contributed by atoms with Crippen LogP contribution in [0.4, 0.5) is 5.82 Å². The Morgan fingerprint density at radius 1 is 1.04 bits per heavy atom. The molecule has 0 saturated carbocycles. The molecule has 0 spiro atoms. The van der Waals surface area contributed by atoms with E-state index in [0.717, 1.165) is 36.7 Å². The van der Waals surface area contributed by atoms with Crippen molar-refractivity contribution in [2.75, 3.05) is 11.9 Å². The van der Waals surface area contributed by atoms with Crippen LogP contribution in [0.15, 0.2) is 55.1 Å². The molecule has 0 unspecified atom stereocenters. The zero-order valence-electron chi connectivity index (χ0n) is 14.2. The normalized spacial score (nSPS) is 11.1. The fraction of sp³-hybridized carbons (Fsp3) is 0.222. The summed E-state index contributed by atoms with van der Waals surface area (Å²) in [5.74, 6) is 1.79. The van der Waals surface area contributed by atoms with Crippen molar-refractivity contribution < 1.29 is 5.11 Å². The van der Waals surface area contributed by atoms with Gasteiger partial charge in [0.15, 0.2) is 11.5 Å². The highest BCUT2D eigenvalue weighted by atomic mass is 16.3. The average Bonchev–Trinajstić information content (AvgIpc) is 3.31. The summed E-state index contributed by atoms with van der Waals surface area (Å²) >= 11 is 0. The van der Waals surface area contributed by atoms with Gasteiger partial charge in [-0.1, -0.05) is 12.1 Å². The number of hydrogen-bond acceptors (Lipinski definition) is 6. The molecular formula is C18H19N7O. The van der Waals surface area contributed by atoms with Crippen LogP contribution in [-0.4, -0.2) is 41.0 Å². The predicted octanol–water partition coefficient (Wildman–Crippen LogP) is 2.12. The minimum atomic E-state index is 0.250. The van der Waals surface area contributed by atoms with Gasteiger partial charge in [0, 0.05) is 31.9 Å². The van der Waals surface area contributed by atoms with Crippen molar-refractivity contribution in [3.8, 4) is 5.75 Å². The van der Waals surface area contributed by atoms with Crippen LogP contribution in [0, 0.1) is 0 Å². The third-order valence-corrected chi connectivity index (χ3v) is 4.08. The summed E-state index contributed by atoms with van der Waals surface area (Å²) in [6.07, 6.45) is 7.12. The second kappa shape index (κ2) is 7.22. The van der Waals surface area contributed by atoms with Crippen molar-refractivity contribution in [1.29, 1.82) is 0 Å². The van der Waals surface area contributed by atoms with Crippen LogP contribution in [0.2, 0.25) is 0 Å². The molecule has 0 amide bonds. The van der Waals surface area contributed by atoms with E-state index in [-0.39, 0.29) is 5.75 Å². The first kappa shape index (κ1) is 16.1. The fourth-order valence-electron chi connectivity index (χ4n) is 2.73. The Morgan fingerprint density at radius 3 is 2.73 bits per heavy atom. The first-order valence-electron chi connectivity index (χ1n) is 8.47. The fourth-order valence-corrected chi connectivity index (χ4v) is 2.73. The molecule has 2 N–H and O–H groups in total. The summed E-state index contributed by atoms with van der Waals surface area (Å²) in [7, 11) is 0. The number of nitrogens with zero attached hydrogens (tertiary/aromatic N) is 6. The van der Waals surface area contributed by atoms with Crippen LogP contribution in [0.3, 0.4) is 0 Å². The number of aromatic hydroxyl groups is 1. The average molecular weight is 349 g/mol. The molecule has 0 aliphatic rings. The summed E-state index contributed by atoms with van der Waals surface area (Å²) in [5, 5.41) is 25.7. The van der Waals surface area contributed by atoms with E-state index >= 15 is 0 Å². The molecular weight excluding hydrogens is 330 g/mol. The van der Waals surface area contributed by atoms with Gasteiger partial charge >= 0.3 is 0 Å². The van der Waals surface area contributed by atoms with E-state index in [0.29, 0.717) is 12.1 Å². The Morgan fingerprint density at radius 2 is 1.92 bits per heavy atom. The van der Waals surface area contributed by atoms with E-state index in [4.69, 9.17) is 0 Å².